The van der Waals surface area contributed by atoms with E-state index in [1.807, 2.05) is 94.7 Å². The fourth-order valence-corrected chi connectivity index (χ4v) is 9.27. The Morgan fingerprint density at radius 3 is 1.26 bits per heavy atom. The smallest absolute Gasteiger partial charge is 0.325 e. The average Bonchev–Trinajstić information content (AvgIpc) is 3.38. The Hall–Kier alpha value is -6.64. The predicted octanol–water partition coefficient (Wildman–Crippen LogP) is 7.13. The molecule has 0 aliphatic rings. The Balaban J connectivity index is 0.850. The molecule has 12 nitrogen and oxygen atoms in total. The number of methoxy groups -OCH3 is 2. The number of nitrogens with one attached hydrogen (secondary N) is 2. The number of carbonyl (C=O) groups is 2. The number of pyridine rings is 2. The second-order valence-electron chi connectivity index (χ2n) is 17.1. The van der Waals surface area contributed by atoms with Crippen LogP contribution in [0, 0.1) is 0 Å². The minimum Gasteiger partial charge on any atom is -0.468 e. The number of fused-ring (bicyclic) bond motifs is 6. The van der Waals surface area contributed by atoms with E-state index >= 15 is 0 Å². The summed E-state index contributed by atoms with van der Waals surface area (Å²) in [6, 6.07) is 48.1. The van der Waals surface area contributed by atoms with E-state index in [0.717, 1.165) is 79.1 Å². The molecule has 0 aliphatic heterocycles. The molecule has 2 heterocycles. The number of carbonyl (C=O) groups excluding carboxylic acids is 2. The molecular weight excluding hydrogens is 853 g/mol. The Morgan fingerprint density at radius 1 is 0.500 bits per heavy atom. The Morgan fingerprint density at radius 2 is 0.868 bits per heavy atom. The molecule has 0 fully saturated rings. The molecule has 2 unspecified atom stereocenters. The van der Waals surface area contributed by atoms with Crippen LogP contribution in [0.3, 0.4) is 0 Å². The van der Waals surface area contributed by atoms with Crippen LogP contribution in [0.15, 0.2) is 146 Å². The molecule has 12 heteroatoms. The summed E-state index contributed by atoms with van der Waals surface area (Å²) in [5, 5.41) is 36.9. The van der Waals surface area contributed by atoms with E-state index in [1.165, 1.54) is 25.0 Å². The molecule has 0 radical (unpaired) electrons. The van der Waals surface area contributed by atoms with Gasteiger partial charge in [-0.3, -0.25) is 29.4 Å². The largest absolute Gasteiger partial charge is 0.468 e. The highest BCUT2D eigenvalue weighted by Crippen LogP contribution is 2.31. The summed E-state index contributed by atoms with van der Waals surface area (Å²) in [6.07, 6.45) is 1.44. The number of benzene rings is 6. The SMILES string of the molecule is COC(=O)C(CO)N(CCNCc1cccc(CCc2cccc(CNCCN(Cc3cc4ccccc4c4ccccc34)C(CO)C(=O)OC)n2)n1)Cc1cc2ccccc2c2ccccc12. The number of aliphatic hydroxyl groups is 2. The molecule has 2 atom stereocenters. The molecule has 350 valence electrons. The summed E-state index contributed by atoms with van der Waals surface area (Å²) < 4.78 is 10.2. The maximum atomic E-state index is 12.9. The van der Waals surface area contributed by atoms with Crippen molar-refractivity contribution in [3.63, 3.8) is 0 Å². The summed E-state index contributed by atoms with van der Waals surface area (Å²) in [7, 11) is 2.71. The van der Waals surface area contributed by atoms with Crippen LogP contribution < -0.4 is 10.6 Å². The van der Waals surface area contributed by atoms with Gasteiger partial charge in [-0.1, -0.05) is 109 Å². The van der Waals surface area contributed by atoms with Crippen molar-refractivity contribution in [1.82, 2.24) is 30.4 Å². The molecule has 2 aromatic heterocycles. The van der Waals surface area contributed by atoms with Crippen LogP contribution >= 0.6 is 0 Å². The van der Waals surface area contributed by atoms with Crippen LogP contribution in [0.5, 0.6) is 0 Å². The van der Waals surface area contributed by atoms with Gasteiger partial charge >= 0.3 is 11.9 Å². The number of rotatable bonds is 23. The van der Waals surface area contributed by atoms with Crippen molar-refractivity contribution in [2.75, 3.05) is 53.6 Å². The van der Waals surface area contributed by atoms with E-state index in [4.69, 9.17) is 19.4 Å². The lowest BCUT2D eigenvalue weighted by Crippen LogP contribution is -2.46. The van der Waals surface area contributed by atoms with Crippen molar-refractivity contribution >= 4 is 55.0 Å². The van der Waals surface area contributed by atoms with E-state index in [1.54, 1.807) is 0 Å². The van der Waals surface area contributed by atoms with Crippen LogP contribution in [-0.4, -0.2) is 108 Å². The number of aryl methyl sites for hydroxylation is 2. The molecule has 4 N–H and O–H groups in total. The fourth-order valence-electron chi connectivity index (χ4n) is 9.27. The Kier molecular flexibility index (Phi) is 16.5. The maximum Gasteiger partial charge on any atom is 0.325 e. The highest BCUT2D eigenvalue weighted by molar-refractivity contribution is 6.10. The zero-order valence-electron chi connectivity index (χ0n) is 38.8. The third kappa shape index (κ3) is 11.5. The summed E-state index contributed by atoms with van der Waals surface area (Å²) in [6.45, 7) is 3.38. The van der Waals surface area contributed by atoms with Crippen LogP contribution in [0.4, 0.5) is 0 Å². The van der Waals surface area contributed by atoms with Crippen LogP contribution in [-0.2, 0) is 58.1 Å². The van der Waals surface area contributed by atoms with Gasteiger partial charge in [0, 0.05) is 63.7 Å². The first-order chi connectivity index (χ1) is 33.4. The summed E-state index contributed by atoms with van der Waals surface area (Å²) in [5.74, 6) is -0.942. The molecule has 0 saturated carbocycles. The van der Waals surface area contributed by atoms with Crippen LogP contribution in [0.25, 0.3) is 43.1 Å². The van der Waals surface area contributed by atoms with E-state index < -0.39 is 24.0 Å². The molecule has 0 spiro atoms. The summed E-state index contributed by atoms with van der Waals surface area (Å²) >= 11 is 0. The van der Waals surface area contributed by atoms with Gasteiger partial charge in [-0.25, -0.2) is 0 Å². The molecule has 68 heavy (non-hydrogen) atoms. The molecule has 0 bridgehead atoms. The van der Waals surface area contributed by atoms with Crippen molar-refractivity contribution < 1.29 is 29.3 Å². The van der Waals surface area contributed by atoms with Gasteiger partial charge in [0.2, 0.25) is 0 Å². The van der Waals surface area contributed by atoms with E-state index in [-0.39, 0.29) is 13.2 Å². The number of nitrogens with zero attached hydrogens (tertiary/aromatic N) is 4. The molecule has 8 aromatic rings. The minimum atomic E-state index is -0.813. The van der Waals surface area contributed by atoms with Crippen molar-refractivity contribution in [1.29, 1.82) is 0 Å². The number of hydrogen-bond donors (Lipinski definition) is 4. The van der Waals surface area contributed by atoms with Gasteiger partial charge in [0.25, 0.3) is 0 Å². The van der Waals surface area contributed by atoms with E-state index in [0.29, 0.717) is 52.4 Å². The second kappa shape index (κ2) is 23.4. The lowest BCUT2D eigenvalue weighted by molar-refractivity contribution is -0.149. The van der Waals surface area contributed by atoms with Crippen molar-refractivity contribution in [2.45, 2.75) is 51.1 Å². The first-order valence-electron chi connectivity index (χ1n) is 23.3. The molecule has 0 saturated heterocycles. The quantitative estimate of drug-likeness (QED) is 0.0294. The molecule has 0 amide bonds. The monoisotopic (exact) mass is 912 g/mol. The van der Waals surface area contributed by atoms with E-state index in [9.17, 15) is 19.8 Å². The van der Waals surface area contributed by atoms with Gasteiger partial charge in [0.05, 0.1) is 38.8 Å². The van der Waals surface area contributed by atoms with Gasteiger partial charge in [0.15, 0.2) is 0 Å². The second-order valence-corrected chi connectivity index (χ2v) is 17.1. The van der Waals surface area contributed by atoms with Gasteiger partial charge in [-0.05, 0) is 103 Å². The van der Waals surface area contributed by atoms with E-state index in [2.05, 4.69) is 71.3 Å². The fraction of sp³-hybridized carbons (Fsp3) is 0.286. The highest BCUT2D eigenvalue weighted by Gasteiger charge is 2.28. The zero-order chi connectivity index (χ0) is 47.2. The number of hydrogen-bond acceptors (Lipinski definition) is 12. The van der Waals surface area contributed by atoms with Crippen LogP contribution in [0.1, 0.15) is 33.9 Å². The molecule has 0 aliphatic carbocycles. The first kappa shape index (κ1) is 47.8. The van der Waals surface area contributed by atoms with Gasteiger partial charge in [-0.2, -0.15) is 0 Å². The lowest BCUT2D eigenvalue weighted by atomic mass is 9.96. The van der Waals surface area contributed by atoms with Gasteiger partial charge in [0.1, 0.15) is 12.1 Å². The highest BCUT2D eigenvalue weighted by atomic mass is 16.5. The molecule has 6 aromatic carbocycles. The number of ether oxygens (including phenoxy) is 2. The van der Waals surface area contributed by atoms with Gasteiger partial charge < -0.3 is 30.3 Å². The number of aliphatic hydroxyl groups excluding tert-OH is 2. The maximum absolute atomic E-state index is 12.9. The minimum absolute atomic E-state index is 0.357. The molecular formula is C56H60N6O6. The summed E-state index contributed by atoms with van der Waals surface area (Å²) in [5.41, 5.74) is 5.90. The number of aromatic nitrogens is 2. The van der Waals surface area contributed by atoms with Gasteiger partial charge in [-0.15, -0.1) is 0 Å². The Labute approximate surface area is 397 Å². The van der Waals surface area contributed by atoms with Crippen molar-refractivity contribution in [3.05, 3.63) is 179 Å². The predicted molar refractivity (Wildman–Crippen MR) is 269 cm³/mol. The van der Waals surface area contributed by atoms with Crippen molar-refractivity contribution in [3.8, 4) is 0 Å². The number of esters is 2. The first-order valence-corrected chi connectivity index (χ1v) is 23.3. The normalized spacial score (nSPS) is 12.6. The Bertz CT molecular complexity index is 2780. The van der Waals surface area contributed by atoms with Crippen LogP contribution in [0.2, 0.25) is 0 Å². The standard InChI is InChI=1S/C56H60N6O6/c1-67-55(65)53(37-63)61(35-41-31-39-13-3-5-19-47(39)51-23-9-7-21-49(41)51)29-27-57-33-45-17-11-15-43(59-45)25-26-44-16-12-18-46(60-44)34-58-28-30-62(54(38-64)56(66)68-2)36-42-32-40-14-4-6-20-48(40)52-24-10-8-22-50(42)52/h3-24,31-32,53-54,57-58,63-64H,25-30,33-38H2,1-2H3. The topological polar surface area (TPSA) is 149 Å². The lowest BCUT2D eigenvalue weighted by Gasteiger charge is -2.29. The third-order valence-corrected chi connectivity index (χ3v) is 12.8. The summed E-state index contributed by atoms with van der Waals surface area (Å²) in [4.78, 5) is 39.6. The zero-order valence-corrected chi connectivity index (χ0v) is 38.8. The van der Waals surface area contributed by atoms with Crippen molar-refractivity contribution in [2.24, 2.45) is 0 Å². The average molecular weight is 913 g/mol. The third-order valence-electron chi connectivity index (χ3n) is 12.8. The molecule has 8 rings (SSSR count).